The van der Waals surface area contributed by atoms with E-state index in [0.29, 0.717) is 0 Å². The Morgan fingerprint density at radius 2 is 1.94 bits per heavy atom. The average Bonchev–Trinajstić information content (AvgIpc) is 2.44. The number of hydrogen-bond donors (Lipinski definition) is 1. The summed E-state index contributed by atoms with van der Waals surface area (Å²) in [5.74, 6) is 0. The van der Waals surface area contributed by atoms with Gasteiger partial charge in [0.2, 0.25) is 0 Å². The Kier molecular flexibility index (Phi) is 3.05. The van der Waals surface area contributed by atoms with E-state index in [9.17, 15) is 0 Å². The lowest BCUT2D eigenvalue weighted by Gasteiger charge is -2.21. The normalized spacial score (nSPS) is 12.4. The summed E-state index contributed by atoms with van der Waals surface area (Å²) in [4.78, 5) is 0. The van der Waals surface area contributed by atoms with Crippen molar-refractivity contribution in [3.63, 3.8) is 0 Å². The minimum absolute atomic E-state index is 0.397. The van der Waals surface area contributed by atoms with Crippen molar-refractivity contribution in [2.24, 2.45) is 12.8 Å². The van der Waals surface area contributed by atoms with Crippen LogP contribution in [0.25, 0.3) is 10.9 Å². The lowest BCUT2D eigenvalue weighted by molar-refractivity contribution is 0.513. The molecule has 0 radical (unpaired) electrons. The molecule has 0 aliphatic carbocycles. The fraction of sp³-hybridized carbons (Fsp3) is 0.385. The second-order valence-corrected chi connectivity index (χ2v) is 6.21. The number of aryl methyl sites for hydroxylation is 2. The number of nitrogens with two attached hydrogens (primary N) is 1. The molecule has 0 saturated carbocycles. The van der Waals surface area contributed by atoms with Crippen LogP contribution < -0.4 is 5.73 Å². The summed E-state index contributed by atoms with van der Waals surface area (Å²) in [5, 5.41) is 1.94. The highest BCUT2D eigenvalue weighted by molar-refractivity contribution is 9.10. The summed E-state index contributed by atoms with van der Waals surface area (Å²) in [6.45, 7) is 6.04. The van der Waals surface area contributed by atoms with Crippen molar-refractivity contribution in [1.82, 2.24) is 4.57 Å². The zero-order valence-electron chi connectivity index (χ0n) is 10.4. The van der Waals surface area contributed by atoms with E-state index in [2.05, 4.69) is 20.5 Å². The van der Waals surface area contributed by atoms with Gasteiger partial charge in [0.1, 0.15) is 0 Å². The number of rotatable bonds is 1. The molecule has 0 aliphatic rings. The molecule has 4 heteroatoms. The molecule has 0 fully saturated rings. The van der Waals surface area contributed by atoms with Crippen LogP contribution in [0.3, 0.4) is 0 Å². The Bertz CT molecular complexity index is 594. The molecule has 92 valence electrons. The highest BCUT2D eigenvalue weighted by Crippen LogP contribution is 2.38. The number of aromatic nitrogens is 1. The van der Waals surface area contributed by atoms with Gasteiger partial charge in [-0.2, -0.15) is 0 Å². The van der Waals surface area contributed by atoms with Gasteiger partial charge < -0.3 is 10.3 Å². The lowest BCUT2D eigenvalue weighted by atomic mass is 10.0. The molecule has 1 aromatic carbocycles. The molecule has 2 N–H and O–H groups in total. The van der Waals surface area contributed by atoms with E-state index in [0.717, 1.165) is 31.7 Å². The molecule has 2 rings (SSSR count). The van der Waals surface area contributed by atoms with Crippen LogP contribution in [0.4, 0.5) is 0 Å². The molecule has 1 aromatic heterocycles. The largest absolute Gasteiger partial charge is 0.345 e. The maximum atomic E-state index is 6.23. The fourth-order valence-electron chi connectivity index (χ4n) is 2.39. The SMILES string of the molecule is Cc1c(Cl)ccc2c(Br)c(C(C)(C)N)n(C)c12. The quantitative estimate of drug-likeness (QED) is 0.844. The van der Waals surface area contributed by atoms with Crippen LogP contribution in [0.5, 0.6) is 0 Å². The standard InChI is InChI=1S/C13H16BrClN2/c1-7-9(15)6-5-8-10(14)12(13(2,3)16)17(4)11(7)8/h5-6H,16H2,1-4H3. The summed E-state index contributed by atoms with van der Waals surface area (Å²) in [7, 11) is 2.03. The van der Waals surface area contributed by atoms with Crippen LogP contribution >= 0.6 is 27.5 Å². The molecule has 2 nitrogen and oxygen atoms in total. The highest BCUT2D eigenvalue weighted by Gasteiger charge is 2.25. The molecule has 2 aromatic rings. The van der Waals surface area contributed by atoms with Crippen molar-refractivity contribution in [3.8, 4) is 0 Å². The second kappa shape index (κ2) is 4.01. The van der Waals surface area contributed by atoms with Crippen LogP contribution in [0.2, 0.25) is 5.02 Å². The molecule has 0 bridgehead atoms. The van der Waals surface area contributed by atoms with Gasteiger partial charge in [-0.25, -0.2) is 0 Å². The number of halogens is 2. The predicted octanol–water partition coefficient (Wildman–Crippen LogP) is 4.10. The Labute approximate surface area is 115 Å². The van der Waals surface area contributed by atoms with E-state index in [1.807, 2.05) is 40.0 Å². The van der Waals surface area contributed by atoms with Crippen LogP contribution in [0.15, 0.2) is 16.6 Å². The number of fused-ring (bicyclic) bond motifs is 1. The predicted molar refractivity (Wildman–Crippen MR) is 77.6 cm³/mol. The number of benzene rings is 1. The van der Waals surface area contributed by atoms with Crippen molar-refractivity contribution >= 4 is 38.4 Å². The monoisotopic (exact) mass is 314 g/mol. The van der Waals surface area contributed by atoms with Crippen LogP contribution in [0.1, 0.15) is 25.1 Å². The van der Waals surface area contributed by atoms with E-state index in [-0.39, 0.29) is 0 Å². The van der Waals surface area contributed by atoms with Gasteiger partial charge in [-0.3, -0.25) is 0 Å². The van der Waals surface area contributed by atoms with Gasteiger partial charge in [0.05, 0.1) is 16.7 Å². The smallest absolute Gasteiger partial charge is 0.0536 e. The third-order valence-corrected chi connectivity index (χ3v) is 4.30. The van der Waals surface area contributed by atoms with E-state index in [1.54, 1.807) is 0 Å². The first-order chi connectivity index (χ1) is 7.75. The zero-order valence-corrected chi connectivity index (χ0v) is 12.8. The average molecular weight is 316 g/mol. The molecule has 0 unspecified atom stereocenters. The highest BCUT2D eigenvalue weighted by atomic mass is 79.9. The lowest BCUT2D eigenvalue weighted by Crippen LogP contribution is -2.31. The van der Waals surface area contributed by atoms with E-state index >= 15 is 0 Å². The summed E-state index contributed by atoms with van der Waals surface area (Å²) in [6, 6.07) is 3.96. The van der Waals surface area contributed by atoms with Gasteiger partial charge in [-0.15, -0.1) is 0 Å². The molecule has 0 aliphatic heterocycles. The first-order valence-corrected chi connectivity index (χ1v) is 6.64. The molecular formula is C13H16BrClN2. The fourth-order valence-corrected chi connectivity index (χ4v) is 3.64. The number of nitrogens with zero attached hydrogens (tertiary/aromatic N) is 1. The Morgan fingerprint density at radius 3 is 2.47 bits per heavy atom. The van der Waals surface area contributed by atoms with Crippen molar-refractivity contribution in [2.75, 3.05) is 0 Å². The van der Waals surface area contributed by atoms with Crippen molar-refractivity contribution in [1.29, 1.82) is 0 Å². The van der Waals surface area contributed by atoms with Crippen LogP contribution in [-0.2, 0) is 12.6 Å². The Hall–Kier alpha value is -0.510. The molecular weight excluding hydrogens is 300 g/mol. The van der Waals surface area contributed by atoms with Crippen molar-refractivity contribution in [2.45, 2.75) is 26.3 Å². The maximum Gasteiger partial charge on any atom is 0.0536 e. The summed E-state index contributed by atoms with van der Waals surface area (Å²) in [6.07, 6.45) is 0. The van der Waals surface area contributed by atoms with Crippen LogP contribution in [0, 0.1) is 6.92 Å². The summed E-state index contributed by atoms with van der Waals surface area (Å²) in [5.41, 5.74) is 9.13. The molecule has 0 saturated heterocycles. The molecule has 0 atom stereocenters. The van der Waals surface area contributed by atoms with E-state index < -0.39 is 5.54 Å². The van der Waals surface area contributed by atoms with Crippen LogP contribution in [-0.4, -0.2) is 4.57 Å². The van der Waals surface area contributed by atoms with Gasteiger partial charge in [0.15, 0.2) is 0 Å². The first kappa shape index (κ1) is 12.9. The molecule has 17 heavy (non-hydrogen) atoms. The van der Waals surface area contributed by atoms with E-state index in [4.69, 9.17) is 17.3 Å². The molecule has 1 heterocycles. The minimum Gasteiger partial charge on any atom is -0.345 e. The van der Waals surface area contributed by atoms with Gasteiger partial charge in [0.25, 0.3) is 0 Å². The maximum absolute atomic E-state index is 6.23. The Morgan fingerprint density at radius 1 is 1.35 bits per heavy atom. The minimum atomic E-state index is -0.397. The molecule has 0 spiro atoms. The zero-order chi connectivity index (χ0) is 13.0. The van der Waals surface area contributed by atoms with Crippen molar-refractivity contribution < 1.29 is 0 Å². The molecule has 0 amide bonds. The van der Waals surface area contributed by atoms with Crippen molar-refractivity contribution in [3.05, 3.63) is 32.9 Å². The topological polar surface area (TPSA) is 30.9 Å². The van der Waals surface area contributed by atoms with Gasteiger partial charge in [0, 0.05) is 21.9 Å². The first-order valence-electron chi connectivity index (χ1n) is 5.47. The van der Waals surface area contributed by atoms with Gasteiger partial charge in [-0.05, 0) is 48.3 Å². The number of hydrogen-bond acceptors (Lipinski definition) is 1. The third-order valence-electron chi connectivity index (χ3n) is 3.09. The second-order valence-electron chi connectivity index (χ2n) is 5.01. The summed E-state index contributed by atoms with van der Waals surface area (Å²) < 4.78 is 3.18. The Balaban J connectivity index is 2.96. The van der Waals surface area contributed by atoms with Gasteiger partial charge >= 0.3 is 0 Å². The summed E-state index contributed by atoms with van der Waals surface area (Å²) >= 11 is 9.83. The van der Waals surface area contributed by atoms with Gasteiger partial charge in [-0.1, -0.05) is 17.7 Å². The van der Waals surface area contributed by atoms with E-state index in [1.165, 1.54) is 0 Å². The third kappa shape index (κ3) is 1.90.